The summed E-state index contributed by atoms with van der Waals surface area (Å²) in [5, 5.41) is 0. The Labute approximate surface area is 135 Å². The fourth-order valence-corrected chi connectivity index (χ4v) is 3.11. The van der Waals surface area contributed by atoms with Crippen LogP contribution in [0.3, 0.4) is 0 Å². The lowest BCUT2D eigenvalue weighted by atomic mass is 10.1. The van der Waals surface area contributed by atoms with Crippen LogP contribution >= 0.6 is 0 Å². The Hall–Kier alpha value is -1.13. The van der Waals surface area contributed by atoms with Crippen LogP contribution < -0.4 is 0 Å². The van der Waals surface area contributed by atoms with E-state index in [9.17, 15) is 0 Å². The molecule has 0 atom stereocenters. The van der Waals surface area contributed by atoms with Crippen molar-refractivity contribution >= 4 is 5.71 Å². The fourth-order valence-electron chi connectivity index (χ4n) is 3.11. The molecule has 2 aliphatic rings. The first-order valence-corrected chi connectivity index (χ1v) is 8.54. The highest BCUT2D eigenvalue weighted by Crippen LogP contribution is 2.19. The van der Waals surface area contributed by atoms with Crippen LogP contribution in [0.2, 0.25) is 0 Å². The van der Waals surface area contributed by atoms with E-state index in [0.29, 0.717) is 6.04 Å². The van der Waals surface area contributed by atoms with Crippen molar-refractivity contribution in [3.63, 3.8) is 0 Å². The van der Waals surface area contributed by atoms with E-state index in [-0.39, 0.29) is 0 Å². The number of likely N-dealkylation sites (tertiary alicyclic amines) is 1. The highest BCUT2D eigenvalue weighted by molar-refractivity contribution is 6.07. The lowest BCUT2D eigenvalue weighted by molar-refractivity contribution is 0.0567. The summed E-state index contributed by atoms with van der Waals surface area (Å²) in [6, 6.07) is 0.603. The predicted molar refractivity (Wildman–Crippen MR) is 93.5 cm³/mol. The van der Waals surface area contributed by atoms with Crippen molar-refractivity contribution in [1.29, 1.82) is 0 Å². The van der Waals surface area contributed by atoms with Gasteiger partial charge in [0.15, 0.2) is 0 Å². The molecule has 0 radical (unpaired) electrons. The third-order valence-corrected chi connectivity index (χ3v) is 4.60. The van der Waals surface area contributed by atoms with Crippen molar-refractivity contribution < 1.29 is 4.74 Å². The molecule has 2 rings (SSSR count). The number of rotatable bonds is 4. The summed E-state index contributed by atoms with van der Waals surface area (Å²) in [5.41, 5.74) is 3.56. The van der Waals surface area contributed by atoms with Gasteiger partial charge in [0.1, 0.15) is 0 Å². The topological polar surface area (TPSA) is 28.1 Å². The molecule has 0 unspecified atom stereocenters. The van der Waals surface area contributed by atoms with Gasteiger partial charge in [-0.25, -0.2) is 0 Å². The second-order valence-corrected chi connectivity index (χ2v) is 6.48. The maximum absolute atomic E-state index is 5.43. The molecule has 4 heteroatoms. The Bertz CT molecular complexity index is 434. The lowest BCUT2D eigenvalue weighted by Crippen LogP contribution is -2.37. The molecule has 0 aromatic carbocycles. The Morgan fingerprint density at radius 2 is 1.95 bits per heavy atom. The highest BCUT2D eigenvalue weighted by atomic mass is 16.5. The van der Waals surface area contributed by atoms with Crippen molar-refractivity contribution in [2.24, 2.45) is 4.99 Å². The molecule has 0 amide bonds. The second kappa shape index (κ2) is 8.49. The van der Waals surface area contributed by atoms with Gasteiger partial charge in [-0.2, -0.15) is 0 Å². The maximum atomic E-state index is 5.43. The summed E-state index contributed by atoms with van der Waals surface area (Å²) >= 11 is 0. The molecule has 2 aliphatic heterocycles. The molecule has 2 fully saturated rings. The van der Waals surface area contributed by atoms with Crippen molar-refractivity contribution in [2.75, 3.05) is 46.4 Å². The summed E-state index contributed by atoms with van der Waals surface area (Å²) < 4.78 is 5.43. The van der Waals surface area contributed by atoms with E-state index in [0.717, 1.165) is 44.3 Å². The average Bonchev–Trinajstić information content (AvgIpc) is 2.78. The Kier molecular flexibility index (Phi) is 6.65. The molecule has 0 N–H and O–H groups in total. The van der Waals surface area contributed by atoms with Gasteiger partial charge in [-0.3, -0.25) is 9.89 Å². The monoisotopic (exact) mass is 305 g/mol. The maximum Gasteiger partial charge on any atom is 0.0798 e. The molecule has 0 aromatic heterocycles. The number of hydrogen-bond acceptors (Lipinski definition) is 4. The smallest absolute Gasteiger partial charge is 0.0798 e. The van der Waals surface area contributed by atoms with Gasteiger partial charge in [0, 0.05) is 32.7 Å². The van der Waals surface area contributed by atoms with Crippen LogP contribution in [0.5, 0.6) is 0 Å². The zero-order valence-corrected chi connectivity index (χ0v) is 14.5. The first-order chi connectivity index (χ1) is 10.6. The summed E-state index contributed by atoms with van der Waals surface area (Å²) in [5.74, 6) is 0. The summed E-state index contributed by atoms with van der Waals surface area (Å²) in [7, 11) is 1.87. The largest absolute Gasteiger partial charge is 0.378 e. The molecule has 2 heterocycles. The van der Waals surface area contributed by atoms with E-state index in [2.05, 4.69) is 41.3 Å². The van der Waals surface area contributed by atoms with Crippen LogP contribution in [0.4, 0.5) is 0 Å². The van der Waals surface area contributed by atoms with Gasteiger partial charge in [-0.1, -0.05) is 12.2 Å². The van der Waals surface area contributed by atoms with Crippen molar-refractivity contribution in [3.05, 3.63) is 23.9 Å². The predicted octanol–water partition coefficient (Wildman–Crippen LogP) is 2.72. The summed E-state index contributed by atoms with van der Waals surface area (Å²) in [4.78, 5) is 9.35. The van der Waals surface area contributed by atoms with Gasteiger partial charge >= 0.3 is 0 Å². The SMILES string of the molecule is C=C(C(/C=C1\CCCCN(C(C)C)C1)=NC)N1CCOCC1. The first-order valence-electron chi connectivity index (χ1n) is 8.54. The lowest BCUT2D eigenvalue weighted by Gasteiger charge is -2.30. The minimum Gasteiger partial charge on any atom is -0.378 e. The van der Waals surface area contributed by atoms with E-state index in [4.69, 9.17) is 4.74 Å². The molecule has 0 aliphatic carbocycles. The standard InChI is InChI=1S/C18H31N3O/c1-15(2)21-8-6-5-7-17(14-21)13-18(19-4)16(3)20-9-11-22-12-10-20/h13,15H,3,5-12,14H2,1-2,4H3/b17-13+,19-18?. The third kappa shape index (κ3) is 4.68. The van der Waals surface area contributed by atoms with Crippen LogP contribution in [-0.4, -0.2) is 68.0 Å². The normalized spacial score (nSPS) is 23.9. The second-order valence-electron chi connectivity index (χ2n) is 6.48. The zero-order valence-electron chi connectivity index (χ0n) is 14.5. The van der Waals surface area contributed by atoms with Gasteiger partial charge in [0.05, 0.1) is 24.6 Å². The van der Waals surface area contributed by atoms with Gasteiger partial charge < -0.3 is 9.64 Å². The minimum absolute atomic E-state index is 0.603. The van der Waals surface area contributed by atoms with E-state index in [1.165, 1.54) is 31.4 Å². The van der Waals surface area contributed by atoms with Crippen LogP contribution in [0.25, 0.3) is 0 Å². The van der Waals surface area contributed by atoms with Crippen LogP contribution in [0.1, 0.15) is 33.1 Å². The molecule has 124 valence electrons. The molecular weight excluding hydrogens is 274 g/mol. The number of allylic oxidation sites excluding steroid dienone is 1. The highest BCUT2D eigenvalue weighted by Gasteiger charge is 2.18. The number of nitrogens with zero attached hydrogens (tertiary/aromatic N) is 3. The van der Waals surface area contributed by atoms with Crippen molar-refractivity contribution in [3.8, 4) is 0 Å². The Morgan fingerprint density at radius 3 is 2.59 bits per heavy atom. The van der Waals surface area contributed by atoms with Crippen LogP contribution in [-0.2, 0) is 4.74 Å². The molecule has 0 saturated carbocycles. The van der Waals surface area contributed by atoms with Crippen LogP contribution in [0.15, 0.2) is 28.9 Å². The number of hydrogen-bond donors (Lipinski definition) is 0. The molecule has 0 bridgehead atoms. The van der Waals surface area contributed by atoms with Gasteiger partial charge in [0.2, 0.25) is 0 Å². The van der Waals surface area contributed by atoms with Crippen LogP contribution in [0, 0.1) is 0 Å². The van der Waals surface area contributed by atoms with E-state index < -0.39 is 0 Å². The third-order valence-electron chi connectivity index (χ3n) is 4.60. The molecule has 0 aromatic rings. The molecule has 22 heavy (non-hydrogen) atoms. The average molecular weight is 305 g/mol. The fraction of sp³-hybridized carbons (Fsp3) is 0.722. The van der Waals surface area contributed by atoms with E-state index in [1.807, 2.05) is 7.05 Å². The van der Waals surface area contributed by atoms with Crippen molar-refractivity contribution in [1.82, 2.24) is 9.80 Å². The molecule has 2 saturated heterocycles. The van der Waals surface area contributed by atoms with E-state index >= 15 is 0 Å². The quantitative estimate of drug-likeness (QED) is 0.748. The van der Waals surface area contributed by atoms with Gasteiger partial charge in [-0.15, -0.1) is 0 Å². The van der Waals surface area contributed by atoms with Gasteiger partial charge in [0.25, 0.3) is 0 Å². The summed E-state index contributed by atoms with van der Waals surface area (Å²) in [6.45, 7) is 14.5. The zero-order chi connectivity index (χ0) is 15.9. The van der Waals surface area contributed by atoms with Crippen molar-refractivity contribution in [2.45, 2.75) is 39.2 Å². The van der Waals surface area contributed by atoms with E-state index in [1.54, 1.807) is 0 Å². The number of aliphatic imine (C=N–C) groups is 1. The van der Waals surface area contributed by atoms with Gasteiger partial charge in [-0.05, 0) is 45.7 Å². The molecular formula is C18H31N3O. The number of morpholine rings is 1. The number of ether oxygens (including phenoxy) is 1. The minimum atomic E-state index is 0.603. The Balaban J connectivity index is 2.07. The first kappa shape index (κ1) is 17.2. The summed E-state index contributed by atoms with van der Waals surface area (Å²) in [6.07, 6.45) is 6.02. The Morgan fingerprint density at radius 1 is 1.23 bits per heavy atom. The molecule has 4 nitrogen and oxygen atoms in total. The molecule has 0 spiro atoms.